The molecular formula is C11H19N3O2. The average Bonchev–Trinajstić information content (AvgIpc) is 2.56. The number of ether oxygens (including phenoxy) is 1. The van der Waals surface area contributed by atoms with Gasteiger partial charge in [-0.3, -0.25) is 9.48 Å². The van der Waals surface area contributed by atoms with Crippen molar-refractivity contribution in [3.8, 4) is 0 Å². The third-order valence-corrected chi connectivity index (χ3v) is 2.83. The Morgan fingerprint density at radius 3 is 2.69 bits per heavy atom. The summed E-state index contributed by atoms with van der Waals surface area (Å²) in [5.41, 5.74) is 1.27. The Bertz CT molecular complexity index is 383. The molecule has 5 nitrogen and oxygen atoms in total. The molecule has 0 saturated heterocycles. The van der Waals surface area contributed by atoms with Gasteiger partial charge in [0.25, 0.3) is 5.91 Å². The number of aryl methyl sites for hydroxylation is 1. The van der Waals surface area contributed by atoms with Crippen molar-refractivity contribution in [2.45, 2.75) is 32.9 Å². The second-order valence-corrected chi connectivity index (χ2v) is 4.28. The number of rotatable bonds is 4. The molecule has 5 heteroatoms. The zero-order chi connectivity index (χ0) is 12.3. The van der Waals surface area contributed by atoms with E-state index in [-0.39, 0.29) is 5.91 Å². The van der Waals surface area contributed by atoms with Gasteiger partial charge in [-0.2, -0.15) is 5.10 Å². The number of methoxy groups -OCH3 is 1. The summed E-state index contributed by atoms with van der Waals surface area (Å²) in [6.45, 7) is 5.91. The minimum Gasteiger partial charge on any atom is -0.369 e. The van der Waals surface area contributed by atoms with Crippen molar-refractivity contribution in [3.05, 3.63) is 17.5 Å². The molecule has 1 aromatic rings. The molecule has 0 aromatic carbocycles. The van der Waals surface area contributed by atoms with Gasteiger partial charge in [0.05, 0.1) is 6.20 Å². The minimum absolute atomic E-state index is 0.127. The summed E-state index contributed by atoms with van der Waals surface area (Å²) in [5, 5.41) is 6.94. The lowest BCUT2D eigenvalue weighted by molar-refractivity contribution is -0.139. The fourth-order valence-electron chi connectivity index (χ4n) is 1.20. The minimum atomic E-state index is -0.796. The van der Waals surface area contributed by atoms with Gasteiger partial charge in [-0.15, -0.1) is 0 Å². The number of amides is 1. The predicted molar refractivity (Wildman–Crippen MR) is 60.9 cm³/mol. The first-order valence-corrected chi connectivity index (χ1v) is 5.19. The zero-order valence-electron chi connectivity index (χ0n) is 10.5. The molecular weight excluding hydrogens is 206 g/mol. The van der Waals surface area contributed by atoms with Gasteiger partial charge in [-0.05, 0) is 20.8 Å². The number of nitrogens with zero attached hydrogens (tertiary/aromatic N) is 2. The van der Waals surface area contributed by atoms with Crippen LogP contribution in [0.4, 0.5) is 0 Å². The van der Waals surface area contributed by atoms with Crippen LogP contribution in [0.1, 0.15) is 25.1 Å². The second-order valence-electron chi connectivity index (χ2n) is 4.28. The number of aromatic nitrogens is 2. The van der Waals surface area contributed by atoms with Gasteiger partial charge in [0.2, 0.25) is 0 Å². The Morgan fingerprint density at radius 2 is 2.25 bits per heavy atom. The number of hydrogen-bond donors (Lipinski definition) is 1. The molecule has 0 atom stereocenters. The van der Waals surface area contributed by atoms with Gasteiger partial charge >= 0.3 is 0 Å². The van der Waals surface area contributed by atoms with E-state index in [1.165, 1.54) is 7.11 Å². The molecule has 1 amide bonds. The van der Waals surface area contributed by atoms with E-state index < -0.39 is 5.60 Å². The maximum atomic E-state index is 11.7. The van der Waals surface area contributed by atoms with Crippen molar-refractivity contribution < 1.29 is 9.53 Å². The van der Waals surface area contributed by atoms with Crippen molar-refractivity contribution in [2.24, 2.45) is 7.05 Å². The number of hydrogen-bond acceptors (Lipinski definition) is 3. The Hall–Kier alpha value is -1.36. The van der Waals surface area contributed by atoms with E-state index in [0.29, 0.717) is 6.54 Å². The van der Waals surface area contributed by atoms with Crippen LogP contribution in [0.2, 0.25) is 0 Å². The van der Waals surface area contributed by atoms with Crippen LogP contribution in [0.5, 0.6) is 0 Å². The molecule has 0 aliphatic heterocycles. The largest absolute Gasteiger partial charge is 0.369 e. The summed E-state index contributed by atoms with van der Waals surface area (Å²) in [5.74, 6) is -0.127. The smallest absolute Gasteiger partial charge is 0.251 e. The zero-order valence-corrected chi connectivity index (χ0v) is 10.5. The highest BCUT2D eigenvalue weighted by Gasteiger charge is 2.26. The lowest BCUT2D eigenvalue weighted by Crippen LogP contribution is -2.43. The number of carbonyl (C=O) groups excluding carboxylic acids is 1. The summed E-state index contributed by atoms with van der Waals surface area (Å²) >= 11 is 0. The van der Waals surface area contributed by atoms with Gasteiger partial charge in [-0.25, -0.2) is 0 Å². The first kappa shape index (κ1) is 12.7. The van der Waals surface area contributed by atoms with Gasteiger partial charge < -0.3 is 10.1 Å². The summed E-state index contributed by atoms with van der Waals surface area (Å²) in [6.07, 6.45) is 1.76. The van der Waals surface area contributed by atoms with E-state index in [0.717, 1.165) is 11.3 Å². The van der Waals surface area contributed by atoms with Crippen molar-refractivity contribution >= 4 is 5.91 Å². The van der Waals surface area contributed by atoms with Crippen LogP contribution in [0.25, 0.3) is 0 Å². The Balaban J connectivity index is 2.59. The maximum Gasteiger partial charge on any atom is 0.251 e. The van der Waals surface area contributed by atoms with Gasteiger partial charge in [0.1, 0.15) is 5.60 Å². The topological polar surface area (TPSA) is 56.1 Å². The van der Waals surface area contributed by atoms with E-state index in [9.17, 15) is 4.79 Å². The molecule has 0 aliphatic rings. The fraction of sp³-hybridized carbons (Fsp3) is 0.636. The molecule has 0 unspecified atom stereocenters. The fourth-order valence-corrected chi connectivity index (χ4v) is 1.20. The highest BCUT2D eigenvalue weighted by molar-refractivity contribution is 5.84. The molecule has 0 bridgehead atoms. The lowest BCUT2D eigenvalue weighted by atomic mass is 10.1. The normalized spacial score (nSPS) is 11.6. The lowest BCUT2D eigenvalue weighted by Gasteiger charge is -2.21. The van der Waals surface area contributed by atoms with Crippen LogP contribution in [0.3, 0.4) is 0 Å². The second kappa shape index (κ2) is 4.65. The first-order chi connectivity index (χ1) is 7.38. The van der Waals surface area contributed by atoms with Crippen LogP contribution >= 0.6 is 0 Å². The van der Waals surface area contributed by atoms with Crippen LogP contribution < -0.4 is 5.32 Å². The Kier molecular flexibility index (Phi) is 3.70. The van der Waals surface area contributed by atoms with Gasteiger partial charge in [-0.1, -0.05) is 0 Å². The average molecular weight is 225 g/mol. The molecule has 0 aliphatic carbocycles. The van der Waals surface area contributed by atoms with Crippen LogP contribution in [-0.4, -0.2) is 28.4 Å². The molecule has 90 valence electrons. The van der Waals surface area contributed by atoms with Gasteiger partial charge in [0.15, 0.2) is 0 Å². The van der Waals surface area contributed by atoms with E-state index in [2.05, 4.69) is 10.4 Å². The molecule has 1 aromatic heterocycles. The first-order valence-electron chi connectivity index (χ1n) is 5.19. The third-order valence-electron chi connectivity index (χ3n) is 2.83. The monoisotopic (exact) mass is 225 g/mol. The summed E-state index contributed by atoms with van der Waals surface area (Å²) in [7, 11) is 3.40. The quantitative estimate of drug-likeness (QED) is 0.823. The van der Waals surface area contributed by atoms with E-state index in [1.54, 1.807) is 24.7 Å². The van der Waals surface area contributed by atoms with Crippen LogP contribution in [-0.2, 0) is 23.1 Å². The van der Waals surface area contributed by atoms with Crippen LogP contribution in [0, 0.1) is 6.92 Å². The van der Waals surface area contributed by atoms with Crippen molar-refractivity contribution in [1.29, 1.82) is 0 Å². The molecule has 0 fully saturated rings. The van der Waals surface area contributed by atoms with E-state index in [1.807, 2.05) is 14.0 Å². The maximum absolute atomic E-state index is 11.7. The van der Waals surface area contributed by atoms with Gasteiger partial charge in [0, 0.05) is 32.0 Å². The standard InChI is InChI=1S/C11H19N3O2/c1-8-9(7-13-14(8)4)6-12-10(15)11(2,3)16-5/h7H,6H2,1-5H3,(H,12,15). The van der Waals surface area contributed by atoms with E-state index >= 15 is 0 Å². The van der Waals surface area contributed by atoms with Crippen molar-refractivity contribution in [1.82, 2.24) is 15.1 Å². The number of carbonyl (C=O) groups is 1. The Morgan fingerprint density at radius 1 is 1.62 bits per heavy atom. The van der Waals surface area contributed by atoms with Crippen LogP contribution in [0.15, 0.2) is 6.20 Å². The molecule has 0 spiro atoms. The molecule has 0 radical (unpaired) electrons. The molecule has 1 rings (SSSR count). The summed E-state index contributed by atoms with van der Waals surface area (Å²) in [4.78, 5) is 11.7. The highest BCUT2D eigenvalue weighted by Crippen LogP contribution is 2.09. The van der Waals surface area contributed by atoms with E-state index in [4.69, 9.17) is 4.74 Å². The Labute approximate surface area is 95.8 Å². The molecule has 0 saturated carbocycles. The third kappa shape index (κ3) is 2.61. The number of nitrogens with one attached hydrogen (secondary N) is 1. The van der Waals surface area contributed by atoms with Crippen molar-refractivity contribution in [3.63, 3.8) is 0 Å². The summed E-state index contributed by atoms with van der Waals surface area (Å²) < 4.78 is 6.87. The molecule has 1 heterocycles. The predicted octanol–water partition coefficient (Wildman–Crippen LogP) is 0.770. The summed E-state index contributed by atoms with van der Waals surface area (Å²) in [6, 6.07) is 0. The van der Waals surface area contributed by atoms with Crippen molar-refractivity contribution in [2.75, 3.05) is 7.11 Å². The molecule has 16 heavy (non-hydrogen) atoms. The molecule has 1 N–H and O–H groups in total. The highest BCUT2D eigenvalue weighted by atomic mass is 16.5. The SMILES string of the molecule is COC(C)(C)C(=O)NCc1cnn(C)c1C.